The molecule has 0 unspecified atom stereocenters. The Bertz CT molecular complexity index is 224. The van der Waals surface area contributed by atoms with E-state index >= 15 is 0 Å². The zero-order valence-electron chi connectivity index (χ0n) is 8.09. The summed E-state index contributed by atoms with van der Waals surface area (Å²) >= 11 is 0. The minimum absolute atomic E-state index is 0.666. The Labute approximate surface area is 74.0 Å². The summed E-state index contributed by atoms with van der Waals surface area (Å²) in [4.78, 5) is 0. The molecule has 1 rings (SSSR count). The van der Waals surface area contributed by atoms with E-state index in [9.17, 15) is 0 Å². The Morgan fingerprint density at radius 2 is 2.17 bits per heavy atom. The van der Waals surface area contributed by atoms with E-state index in [1.165, 1.54) is 17.6 Å². The number of hydrogen-bond acceptors (Lipinski definition) is 2. The fraction of sp³-hybridized carbons (Fsp3) is 0.700. The van der Waals surface area contributed by atoms with Gasteiger partial charge in [-0.15, -0.1) is 0 Å². The molecular formula is C10H17NO. The molecule has 1 aliphatic rings. The van der Waals surface area contributed by atoms with E-state index in [4.69, 9.17) is 5.21 Å². The maximum atomic E-state index is 8.78. The van der Waals surface area contributed by atoms with Gasteiger partial charge in [-0.3, -0.25) is 0 Å². The lowest BCUT2D eigenvalue weighted by Crippen LogP contribution is -2.16. The van der Waals surface area contributed by atoms with Crippen LogP contribution in [0, 0.1) is 5.92 Å². The Morgan fingerprint density at radius 1 is 1.50 bits per heavy atom. The molecule has 0 aliphatic heterocycles. The SMILES string of the molecule is CC(C)=C1CC[C@H](C)CC1=NO. The van der Waals surface area contributed by atoms with Crippen LogP contribution < -0.4 is 0 Å². The van der Waals surface area contributed by atoms with Crippen LogP contribution in [0.2, 0.25) is 0 Å². The molecule has 12 heavy (non-hydrogen) atoms. The van der Waals surface area contributed by atoms with Crippen molar-refractivity contribution in [2.45, 2.75) is 40.0 Å². The number of rotatable bonds is 0. The van der Waals surface area contributed by atoms with Crippen molar-refractivity contribution in [2.75, 3.05) is 0 Å². The largest absolute Gasteiger partial charge is 0.411 e. The summed E-state index contributed by atoms with van der Waals surface area (Å²) in [6, 6.07) is 0. The van der Waals surface area contributed by atoms with Crippen molar-refractivity contribution < 1.29 is 5.21 Å². The molecule has 1 aliphatic carbocycles. The molecule has 0 bridgehead atoms. The third kappa shape index (κ3) is 1.87. The van der Waals surface area contributed by atoms with Crippen LogP contribution in [0.4, 0.5) is 0 Å². The molecule has 1 atom stereocenters. The summed E-state index contributed by atoms with van der Waals surface area (Å²) in [5.74, 6) is 0.666. The van der Waals surface area contributed by atoms with Crippen LogP contribution in [0.15, 0.2) is 16.3 Å². The molecule has 1 N–H and O–H groups in total. The highest BCUT2D eigenvalue weighted by molar-refractivity contribution is 6.01. The molecule has 0 spiro atoms. The normalized spacial score (nSPS) is 27.8. The van der Waals surface area contributed by atoms with Gasteiger partial charge in [0.25, 0.3) is 0 Å². The standard InChI is InChI=1S/C10H17NO/c1-7(2)9-5-4-8(3)6-10(9)11-12/h8,12H,4-6H2,1-3H3/t8-/m0/s1. The summed E-state index contributed by atoms with van der Waals surface area (Å²) in [5, 5.41) is 12.1. The molecule has 0 aromatic carbocycles. The van der Waals surface area contributed by atoms with Gasteiger partial charge in [0, 0.05) is 0 Å². The van der Waals surface area contributed by atoms with Gasteiger partial charge >= 0.3 is 0 Å². The second-order valence-corrected chi connectivity index (χ2v) is 3.87. The highest BCUT2D eigenvalue weighted by atomic mass is 16.4. The maximum Gasteiger partial charge on any atom is 0.0829 e. The summed E-state index contributed by atoms with van der Waals surface area (Å²) in [6.07, 6.45) is 3.22. The Morgan fingerprint density at radius 3 is 2.67 bits per heavy atom. The van der Waals surface area contributed by atoms with E-state index in [1.807, 2.05) is 0 Å². The van der Waals surface area contributed by atoms with Gasteiger partial charge < -0.3 is 5.21 Å². The van der Waals surface area contributed by atoms with Crippen molar-refractivity contribution >= 4 is 5.71 Å². The highest BCUT2D eigenvalue weighted by Crippen LogP contribution is 2.27. The third-order valence-corrected chi connectivity index (χ3v) is 2.50. The van der Waals surface area contributed by atoms with Crippen LogP contribution in [-0.2, 0) is 0 Å². The first-order valence-corrected chi connectivity index (χ1v) is 4.52. The quantitative estimate of drug-likeness (QED) is 0.436. The minimum Gasteiger partial charge on any atom is -0.411 e. The summed E-state index contributed by atoms with van der Waals surface area (Å²) in [5.41, 5.74) is 3.44. The van der Waals surface area contributed by atoms with Crippen molar-refractivity contribution in [3.8, 4) is 0 Å². The first kappa shape index (κ1) is 9.30. The first-order chi connectivity index (χ1) is 5.65. The average molecular weight is 167 g/mol. The molecule has 0 saturated heterocycles. The molecule has 0 heterocycles. The van der Waals surface area contributed by atoms with Crippen LogP contribution in [0.25, 0.3) is 0 Å². The molecule has 2 heteroatoms. The predicted octanol–water partition coefficient (Wildman–Crippen LogP) is 2.97. The van der Waals surface area contributed by atoms with Crippen LogP contribution in [0.5, 0.6) is 0 Å². The third-order valence-electron chi connectivity index (χ3n) is 2.50. The fourth-order valence-corrected chi connectivity index (χ4v) is 1.73. The van der Waals surface area contributed by atoms with Crippen LogP contribution in [-0.4, -0.2) is 10.9 Å². The molecule has 1 fully saturated rings. The molecule has 2 nitrogen and oxygen atoms in total. The van der Waals surface area contributed by atoms with Gasteiger partial charge in [0.2, 0.25) is 0 Å². The second-order valence-electron chi connectivity index (χ2n) is 3.87. The van der Waals surface area contributed by atoms with Gasteiger partial charge in [-0.05, 0) is 44.6 Å². The van der Waals surface area contributed by atoms with E-state index < -0.39 is 0 Å². The summed E-state index contributed by atoms with van der Waals surface area (Å²) < 4.78 is 0. The van der Waals surface area contributed by atoms with Crippen LogP contribution >= 0.6 is 0 Å². The Kier molecular flexibility index (Phi) is 2.90. The van der Waals surface area contributed by atoms with Crippen LogP contribution in [0.3, 0.4) is 0 Å². The highest BCUT2D eigenvalue weighted by Gasteiger charge is 2.19. The van der Waals surface area contributed by atoms with Crippen molar-refractivity contribution in [3.63, 3.8) is 0 Å². The van der Waals surface area contributed by atoms with Crippen molar-refractivity contribution in [1.29, 1.82) is 0 Å². The molecule has 68 valence electrons. The average Bonchev–Trinajstić information content (AvgIpc) is 2.03. The predicted molar refractivity (Wildman–Crippen MR) is 50.6 cm³/mol. The monoisotopic (exact) mass is 167 g/mol. The lowest BCUT2D eigenvalue weighted by molar-refractivity contribution is 0.314. The molecule has 0 aromatic rings. The van der Waals surface area contributed by atoms with E-state index in [-0.39, 0.29) is 0 Å². The van der Waals surface area contributed by atoms with Gasteiger partial charge in [0.15, 0.2) is 0 Å². The number of oxime groups is 1. The minimum atomic E-state index is 0.666. The molecule has 0 radical (unpaired) electrons. The maximum absolute atomic E-state index is 8.78. The van der Waals surface area contributed by atoms with Crippen molar-refractivity contribution in [2.24, 2.45) is 11.1 Å². The van der Waals surface area contributed by atoms with Crippen molar-refractivity contribution in [1.82, 2.24) is 0 Å². The number of nitrogens with zero attached hydrogens (tertiary/aromatic N) is 1. The lowest BCUT2D eigenvalue weighted by atomic mass is 9.84. The van der Waals surface area contributed by atoms with Gasteiger partial charge in [-0.2, -0.15) is 0 Å². The summed E-state index contributed by atoms with van der Waals surface area (Å²) in [7, 11) is 0. The smallest absolute Gasteiger partial charge is 0.0829 e. The first-order valence-electron chi connectivity index (χ1n) is 4.52. The topological polar surface area (TPSA) is 32.6 Å². The lowest BCUT2D eigenvalue weighted by Gasteiger charge is -2.22. The zero-order valence-corrected chi connectivity index (χ0v) is 8.09. The van der Waals surface area contributed by atoms with E-state index in [0.29, 0.717) is 5.92 Å². The molecule has 0 aromatic heterocycles. The molecule has 1 saturated carbocycles. The molecule has 0 amide bonds. The van der Waals surface area contributed by atoms with Gasteiger partial charge in [0.05, 0.1) is 5.71 Å². The van der Waals surface area contributed by atoms with Gasteiger partial charge in [0.1, 0.15) is 0 Å². The van der Waals surface area contributed by atoms with Gasteiger partial charge in [-0.25, -0.2) is 0 Å². The summed E-state index contributed by atoms with van der Waals surface area (Å²) in [6.45, 7) is 6.36. The van der Waals surface area contributed by atoms with Crippen LogP contribution in [0.1, 0.15) is 40.0 Å². The van der Waals surface area contributed by atoms with Crippen molar-refractivity contribution in [3.05, 3.63) is 11.1 Å². The van der Waals surface area contributed by atoms with Gasteiger partial charge in [-0.1, -0.05) is 17.7 Å². The van der Waals surface area contributed by atoms with E-state index in [0.717, 1.165) is 18.6 Å². The second kappa shape index (κ2) is 3.74. The Balaban J connectivity index is 2.85. The number of allylic oxidation sites excluding steroid dienone is 2. The van der Waals surface area contributed by atoms with E-state index in [1.54, 1.807) is 0 Å². The Hall–Kier alpha value is -0.790. The fourth-order valence-electron chi connectivity index (χ4n) is 1.73. The zero-order chi connectivity index (χ0) is 9.14. The molecular weight excluding hydrogens is 150 g/mol. The van der Waals surface area contributed by atoms with E-state index in [2.05, 4.69) is 25.9 Å². The number of hydrogen-bond donors (Lipinski definition) is 1.